The summed E-state index contributed by atoms with van der Waals surface area (Å²) in [6.07, 6.45) is 0. The number of hydrogen-bond acceptors (Lipinski definition) is 3. The number of benzene rings is 9. The van der Waals surface area contributed by atoms with Gasteiger partial charge in [-0.15, -0.1) is 0 Å². The van der Waals surface area contributed by atoms with Gasteiger partial charge in [0.15, 0.2) is 0 Å². The molecule has 0 bridgehead atoms. The second kappa shape index (κ2) is 12.5. The van der Waals surface area contributed by atoms with Crippen molar-refractivity contribution in [3.63, 3.8) is 0 Å². The Kier molecular flexibility index (Phi) is 6.99. The van der Waals surface area contributed by atoms with E-state index in [-0.39, 0.29) is 5.41 Å². The molecule has 2 heterocycles. The molecule has 1 aromatic heterocycles. The van der Waals surface area contributed by atoms with E-state index >= 15 is 0 Å². The van der Waals surface area contributed by atoms with E-state index in [1.54, 1.807) is 0 Å². The number of hydrogen-bond donors (Lipinski definition) is 0. The van der Waals surface area contributed by atoms with Gasteiger partial charge in [-0.1, -0.05) is 159 Å². The lowest BCUT2D eigenvalue weighted by Crippen LogP contribution is -2.32. The fraction of sp³-hybridized carbons (Fsp3) is 0.0690. The second-order valence-corrected chi connectivity index (χ2v) is 17.2. The van der Waals surface area contributed by atoms with Crippen LogP contribution in [0.25, 0.3) is 55.3 Å². The molecule has 10 aromatic rings. The lowest BCUT2D eigenvalue weighted by molar-refractivity contribution is 0.436. The van der Waals surface area contributed by atoms with E-state index in [1.807, 2.05) is 6.07 Å². The van der Waals surface area contributed by atoms with Crippen LogP contribution in [0.3, 0.4) is 0 Å². The zero-order chi connectivity index (χ0) is 40.5. The molecule has 0 fully saturated rings. The zero-order valence-electron chi connectivity index (χ0n) is 33.8. The molecule has 0 unspecified atom stereocenters. The van der Waals surface area contributed by atoms with Gasteiger partial charge in [0.05, 0.1) is 16.5 Å². The third-order valence-electron chi connectivity index (χ3n) is 13.7. The van der Waals surface area contributed by atoms with E-state index in [2.05, 4.69) is 213 Å². The summed E-state index contributed by atoms with van der Waals surface area (Å²) in [5, 5.41) is 2.17. The third kappa shape index (κ3) is 4.58. The molecule has 1 spiro atoms. The molecule has 3 nitrogen and oxygen atoms in total. The molecule has 2 aliphatic carbocycles. The van der Waals surface area contributed by atoms with Crippen molar-refractivity contribution in [1.29, 1.82) is 0 Å². The molecule has 1 aliphatic heterocycles. The Hall–Kier alpha value is -7.62. The highest BCUT2D eigenvalue weighted by Crippen LogP contribution is 2.63. The Morgan fingerprint density at radius 3 is 1.80 bits per heavy atom. The average Bonchev–Trinajstić information content (AvgIpc) is 3.91. The van der Waals surface area contributed by atoms with Crippen LogP contribution in [-0.4, -0.2) is 0 Å². The van der Waals surface area contributed by atoms with Gasteiger partial charge < -0.3 is 14.1 Å². The van der Waals surface area contributed by atoms with Crippen LogP contribution in [0.2, 0.25) is 0 Å². The summed E-state index contributed by atoms with van der Waals surface area (Å²) in [6, 6.07) is 72.8. The van der Waals surface area contributed by atoms with E-state index in [0.717, 1.165) is 61.6 Å². The number of fused-ring (bicyclic) bond motifs is 15. The number of rotatable bonds is 4. The van der Waals surface area contributed by atoms with E-state index < -0.39 is 5.41 Å². The van der Waals surface area contributed by atoms with Crippen molar-refractivity contribution >= 4 is 39.0 Å². The van der Waals surface area contributed by atoms with E-state index in [4.69, 9.17) is 9.15 Å². The fourth-order valence-corrected chi connectivity index (χ4v) is 11.1. The molecular formula is C58H39NO2. The zero-order valence-corrected chi connectivity index (χ0v) is 33.8. The Morgan fingerprint density at radius 1 is 0.410 bits per heavy atom. The van der Waals surface area contributed by atoms with Crippen molar-refractivity contribution < 1.29 is 9.15 Å². The van der Waals surface area contributed by atoms with Gasteiger partial charge in [0, 0.05) is 33.3 Å². The first kappa shape index (κ1) is 34.3. The maximum Gasteiger partial charge on any atom is 0.137 e. The Bertz CT molecular complexity index is 3400. The SMILES string of the molecule is CC1(C)c2cc(N(c3ccc4c(c3)C3(c5ccccc5O4)c4ccccc4-c4ccccc43)c3cccc4oc5ccccc5c34)ccc2-c2c(-c3ccccc3)cccc21. The van der Waals surface area contributed by atoms with Gasteiger partial charge in [-0.05, 0) is 110 Å². The molecule has 0 atom stereocenters. The van der Waals surface area contributed by atoms with Crippen LogP contribution in [0, 0.1) is 0 Å². The maximum atomic E-state index is 6.89. The molecule has 13 rings (SSSR count). The molecular weight excluding hydrogens is 743 g/mol. The van der Waals surface area contributed by atoms with Crippen molar-refractivity contribution in [1.82, 2.24) is 0 Å². The van der Waals surface area contributed by atoms with Gasteiger partial charge in [0.2, 0.25) is 0 Å². The molecule has 0 saturated carbocycles. The fourth-order valence-electron chi connectivity index (χ4n) is 11.1. The molecule has 0 saturated heterocycles. The molecule has 0 radical (unpaired) electrons. The highest BCUT2D eigenvalue weighted by atomic mass is 16.5. The largest absolute Gasteiger partial charge is 0.457 e. The lowest BCUT2D eigenvalue weighted by atomic mass is 9.66. The number of anilines is 3. The van der Waals surface area contributed by atoms with Crippen LogP contribution in [0.5, 0.6) is 11.5 Å². The summed E-state index contributed by atoms with van der Waals surface area (Å²) in [7, 11) is 0. The van der Waals surface area contributed by atoms with Crippen LogP contribution in [-0.2, 0) is 10.8 Å². The molecule has 0 N–H and O–H groups in total. The molecule has 3 aliphatic rings. The van der Waals surface area contributed by atoms with Crippen molar-refractivity contribution in [2.75, 3.05) is 4.90 Å². The summed E-state index contributed by atoms with van der Waals surface area (Å²) in [4.78, 5) is 2.45. The topological polar surface area (TPSA) is 25.6 Å². The van der Waals surface area contributed by atoms with Crippen molar-refractivity contribution in [2.24, 2.45) is 0 Å². The summed E-state index contributed by atoms with van der Waals surface area (Å²) in [5.74, 6) is 1.75. The number of furan rings is 1. The number of ether oxygens (including phenoxy) is 1. The standard InChI is InChI=1S/C58H39NO2/c1-57(2)47-25-14-21-39(36-16-4-3-5-17-36)55(47)42-32-30-37(34-48(42)57)59(50-26-15-29-54-56(50)43-20-8-12-27-51(43)60-54)38-31-33-53-49(35-38)58(46-24-11-13-28-52(46)61-53)44-22-9-6-18-40(44)41-19-7-10-23-45(41)58/h3-35H,1-2H3. The van der Waals surface area contributed by atoms with Gasteiger partial charge >= 0.3 is 0 Å². The van der Waals surface area contributed by atoms with Gasteiger partial charge in [0.25, 0.3) is 0 Å². The Balaban J connectivity index is 1.09. The number of nitrogens with zero attached hydrogens (tertiary/aromatic N) is 1. The van der Waals surface area contributed by atoms with Crippen molar-refractivity contribution in [2.45, 2.75) is 24.7 Å². The second-order valence-electron chi connectivity index (χ2n) is 17.2. The van der Waals surface area contributed by atoms with Crippen LogP contribution < -0.4 is 9.64 Å². The summed E-state index contributed by atoms with van der Waals surface area (Å²) >= 11 is 0. The van der Waals surface area contributed by atoms with Gasteiger partial charge in [-0.25, -0.2) is 0 Å². The smallest absolute Gasteiger partial charge is 0.137 e. The first-order chi connectivity index (χ1) is 30.0. The maximum absolute atomic E-state index is 6.89. The average molecular weight is 782 g/mol. The Morgan fingerprint density at radius 2 is 1.00 bits per heavy atom. The van der Waals surface area contributed by atoms with E-state index in [1.165, 1.54) is 55.6 Å². The predicted octanol–water partition coefficient (Wildman–Crippen LogP) is 15.5. The molecule has 3 heteroatoms. The minimum Gasteiger partial charge on any atom is -0.457 e. The van der Waals surface area contributed by atoms with Gasteiger partial charge in [0.1, 0.15) is 22.7 Å². The first-order valence-corrected chi connectivity index (χ1v) is 21.2. The van der Waals surface area contributed by atoms with Gasteiger partial charge in [-0.2, -0.15) is 0 Å². The van der Waals surface area contributed by atoms with Crippen LogP contribution in [0.4, 0.5) is 17.1 Å². The van der Waals surface area contributed by atoms with E-state index in [0.29, 0.717) is 0 Å². The number of para-hydroxylation sites is 2. The monoisotopic (exact) mass is 781 g/mol. The van der Waals surface area contributed by atoms with Crippen molar-refractivity contribution in [3.05, 3.63) is 234 Å². The molecule has 0 amide bonds. The summed E-state index contributed by atoms with van der Waals surface area (Å²) < 4.78 is 13.5. The molecule has 9 aromatic carbocycles. The molecule has 288 valence electrons. The summed E-state index contributed by atoms with van der Waals surface area (Å²) in [6.45, 7) is 4.74. The first-order valence-electron chi connectivity index (χ1n) is 21.2. The van der Waals surface area contributed by atoms with Crippen LogP contribution in [0.15, 0.2) is 205 Å². The van der Waals surface area contributed by atoms with Crippen LogP contribution >= 0.6 is 0 Å². The third-order valence-corrected chi connectivity index (χ3v) is 13.7. The summed E-state index contributed by atoms with van der Waals surface area (Å²) in [5.41, 5.74) is 19.2. The van der Waals surface area contributed by atoms with Gasteiger partial charge in [-0.3, -0.25) is 0 Å². The lowest BCUT2D eigenvalue weighted by Gasteiger charge is -2.40. The quantitative estimate of drug-likeness (QED) is 0.178. The highest BCUT2D eigenvalue weighted by Gasteiger charge is 2.51. The normalized spacial score (nSPS) is 14.5. The van der Waals surface area contributed by atoms with E-state index in [9.17, 15) is 0 Å². The van der Waals surface area contributed by atoms with Crippen molar-refractivity contribution in [3.8, 4) is 44.9 Å². The molecule has 61 heavy (non-hydrogen) atoms. The highest BCUT2D eigenvalue weighted by molar-refractivity contribution is 6.13. The minimum atomic E-state index is -0.594. The minimum absolute atomic E-state index is 0.236. The predicted molar refractivity (Wildman–Crippen MR) is 249 cm³/mol. The van der Waals surface area contributed by atoms with Crippen LogP contribution in [0.1, 0.15) is 47.2 Å². The Labute approximate surface area is 354 Å².